The number of H-pyrrole nitrogens is 1. The van der Waals surface area contributed by atoms with Crippen LogP contribution in [0.2, 0.25) is 0 Å². The van der Waals surface area contributed by atoms with Crippen LogP contribution in [0.5, 0.6) is 0 Å². The van der Waals surface area contributed by atoms with Crippen molar-refractivity contribution in [3.8, 4) is 0 Å². The molecule has 0 radical (unpaired) electrons. The molecule has 20 heavy (non-hydrogen) atoms. The summed E-state index contributed by atoms with van der Waals surface area (Å²) in [6, 6.07) is 7.52. The highest BCUT2D eigenvalue weighted by Crippen LogP contribution is 2.09. The lowest BCUT2D eigenvalue weighted by Gasteiger charge is -2.17. The van der Waals surface area contributed by atoms with Gasteiger partial charge >= 0.3 is 0 Å². The van der Waals surface area contributed by atoms with Gasteiger partial charge in [-0.05, 0) is 36.0 Å². The summed E-state index contributed by atoms with van der Waals surface area (Å²) in [7, 11) is 0. The van der Waals surface area contributed by atoms with Gasteiger partial charge in [0.1, 0.15) is 0 Å². The summed E-state index contributed by atoms with van der Waals surface area (Å²) < 4.78 is 0. The zero-order valence-corrected chi connectivity index (χ0v) is 11.6. The maximum Gasteiger partial charge on any atom is 0.270 e. The number of aromatic amines is 1. The maximum absolute atomic E-state index is 11.9. The molecule has 0 aliphatic heterocycles. The Hall–Kier alpha value is -2.28. The van der Waals surface area contributed by atoms with Crippen LogP contribution in [0.25, 0.3) is 0 Å². The fourth-order valence-electron chi connectivity index (χ4n) is 1.86. The van der Waals surface area contributed by atoms with E-state index in [9.17, 15) is 4.79 Å². The van der Waals surface area contributed by atoms with Gasteiger partial charge in [0.15, 0.2) is 0 Å². The Balaban J connectivity index is 1.98. The number of carbonyl (C=O) groups is 1. The minimum Gasteiger partial charge on any atom is -0.300 e. The van der Waals surface area contributed by atoms with Crippen LogP contribution in [-0.2, 0) is 6.54 Å². The Morgan fingerprint density at radius 3 is 2.50 bits per heavy atom. The predicted octanol–water partition coefficient (Wildman–Crippen LogP) is 1.29. The SMILES string of the molecule is CCN(CC)Cc1ccc(C(=O)Nc2nn[nH]n2)cc1. The molecule has 0 aliphatic carbocycles. The summed E-state index contributed by atoms with van der Waals surface area (Å²) in [5.41, 5.74) is 1.75. The molecule has 0 bridgehead atoms. The summed E-state index contributed by atoms with van der Waals surface area (Å²) in [6.07, 6.45) is 0. The molecule has 0 saturated carbocycles. The Kier molecular flexibility index (Phi) is 4.78. The Bertz CT molecular complexity index is 532. The van der Waals surface area contributed by atoms with Gasteiger partial charge in [-0.15, -0.1) is 5.10 Å². The largest absolute Gasteiger partial charge is 0.300 e. The lowest BCUT2D eigenvalue weighted by molar-refractivity contribution is 0.102. The summed E-state index contributed by atoms with van der Waals surface area (Å²) in [6.45, 7) is 7.18. The molecule has 1 aromatic heterocycles. The molecular formula is C13H18N6O. The molecule has 0 spiro atoms. The Morgan fingerprint density at radius 1 is 1.25 bits per heavy atom. The highest BCUT2D eigenvalue weighted by atomic mass is 16.1. The van der Waals surface area contributed by atoms with Crippen molar-refractivity contribution in [3.63, 3.8) is 0 Å². The van der Waals surface area contributed by atoms with E-state index in [-0.39, 0.29) is 11.9 Å². The molecule has 2 N–H and O–H groups in total. The zero-order chi connectivity index (χ0) is 14.4. The summed E-state index contributed by atoms with van der Waals surface area (Å²) in [5, 5.41) is 15.6. The topological polar surface area (TPSA) is 86.8 Å². The zero-order valence-electron chi connectivity index (χ0n) is 11.6. The predicted molar refractivity (Wildman–Crippen MR) is 75.2 cm³/mol. The van der Waals surface area contributed by atoms with Gasteiger partial charge in [0.05, 0.1) is 0 Å². The molecule has 106 valence electrons. The van der Waals surface area contributed by atoms with Gasteiger partial charge < -0.3 is 0 Å². The van der Waals surface area contributed by atoms with Crippen LogP contribution in [0.1, 0.15) is 29.8 Å². The molecule has 0 unspecified atom stereocenters. The molecule has 2 rings (SSSR count). The van der Waals surface area contributed by atoms with E-state index in [4.69, 9.17) is 0 Å². The van der Waals surface area contributed by atoms with Gasteiger partial charge in [0.25, 0.3) is 11.9 Å². The quantitative estimate of drug-likeness (QED) is 0.829. The number of carbonyl (C=O) groups excluding carboxylic acids is 1. The molecule has 1 aromatic carbocycles. The number of hydrogen-bond acceptors (Lipinski definition) is 5. The van der Waals surface area contributed by atoms with Crippen molar-refractivity contribution in [2.75, 3.05) is 18.4 Å². The van der Waals surface area contributed by atoms with Crippen LogP contribution in [0.3, 0.4) is 0 Å². The standard InChI is InChI=1S/C13H18N6O/c1-3-19(4-2)9-10-5-7-11(8-6-10)12(20)14-13-15-17-18-16-13/h5-8H,3-4,9H2,1-2H3,(H2,14,15,16,17,18,20). The number of hydrogen-bond donors (Lipinski definition) is 2. The lowest BCUT2D eigenvalue weighted by atomic mass is 10.1. The van der Waals surface area contributed by atoms with Crippen LogP contribution in [-0.4, -0.2) is 44.5 Å². The molecule has 2 aromatic rings. The van der Waals surface area contributed by atoms with Crippen molar-refractivity contribution in [1.29, 1.82) is 0 Å². The smallest absolute Gasteiger partial charge is 0.270 e. The number of tetrazole rings is 1. The summed E-state index contributed by atoms with van der Waals surface area (Å²) in [5.74, 6) is -0.0805. The van der Waals surface area contributed by atoms with Gasteiger partial charge in [0, 0.05) is 12.1 Å². The van der Waals surface area contributed by atoms with E-state index in [1.807, 2.05) is 12.1 Å². The molecule has 7 heteroatoms. The number of rotatable bonds is 6. The average Bonchev–Trinajstić information content (AvgIpc) is 2.98. The molecule has 0 atom stereocenters. The van der Waals surface area contributed by atoms with Crippen LogP contribution in [0.15, 0.2) is 24.3 Å². The first-order chi connectivity index (χ1) is 9.72. The Labute approximate surface area is 117 Å². The van der Waals surface area contributed by atoms with Gasteiger partial charge in [-0.2, -0.15) is 5.21 Å². The lowest BCUT2D eigenvalue weighted by Crippen LogP contribution is -2.22. The highest BCUT2D eigenvalue weighted by molar-refractivity contribution is 6.03. The third-order valence-corrected chi connectivity index (χ3v) is 3.09. The van der Waals surface area contributed by atoms with E-state index in [0.29, 0.717) is 5.56 Å². The number of amides is 1. The maximum atomic E-state index is 11.9. The second-order valence-corrected chi connectivity index (χ2v) is 4.35. The van der Waals surface area contributed by atoms with Crippen LogP contribution in [0.4, 0.5) is 5.95 Å². The van der Waals surface area contributed by atoms with E-state index >= 15 is 0 Å². The van der Waals surface area contributed by atoms with Gasteiger partial charge in [-0.25, -0.2) is 0 Å². The molecule has 7 nitrogen and oxygen atoms in total. The molecule has 1 amide bonds. The van der Waals surface area contributed by atoms with E-state index in [1.165, 1.54) is 5.56 Å². The Morgan fingerprint density at radius 2 is 1.95 bits per heavy atom. The van der Waals surface area contributed by atoms with Crippen LogP contribution < -0.4 is 5.32 Å². The summed E-state index contributed by atoms with van der Waals surface area (Å²) >= 11 is 0. The minimum absolute atomic E-state index is 0.169. The molecular weight excluding hydrogens is 256 g/mol. The molecule has 0 saturated heterocycles. The number of nitrogens with one attached hydrogen (secondary N) is 2. The third-order valence-electron chi connectivity index (χ3n) is 3.09. The van der Waals surface area contributed by atoms with Crippen molar-refractivity contribution >= 4 is 11.9 Å². The first kappa shape index (κ1) is 14.1. The van der Waals surface area contributed by atoms with E-state index in [0.717, 1.165) is 19.6 Å². The summed E-state index contributed by atoms with van der Waals surface area (Å²) in [4.78, 5) is 14.2. The second kappa shape index (κ2) is 6.76. The van der Waals surface area contributed by atoms with E-state index < -0.39 is 0 Å². The van der Waals surface area contributed by atoms with Crippen molar-refractivity contribution in [2.45, 2.75) is 20.4 Å². The molecule has 0 aliphatic rings. The van der Waals surface area contributed by atoms with Crippen molar-refractivity contribution in [3.05, 3.63) is 35.4 Å². The minimum atomic E-state index is -0.249. The number of aromatic nitrogens is 4. The third kappa shape index (κ3) is 3.61. The van der Waals surface area contributed by atoms with Gasteiger partial charge in [-0.3, -0.25) is 15.0 Å². The second-order valence-electron chi connectivity index (χ2n) is 4.35. The first-order valence-electron chi connectivity index (χ1n) is 6.59. The van der Waals surface area contributed by atoms with Gasteiger partial charge in [0.2, 0.25) is 0 Å². The van der Waals surface area contributed by atoms with E-state index in [2.05, 4.69) is 44.7 Å². The molecule has 1 heterocycles. The monoisotopic (exact) mass is 274 g/mol. The fraction of sp³-hybridized carbons (Fsp3) is 0.385. The normalized spacial score (nSPS) is 10.8. The van der Waals surface area contributed by atoms with Crippen LogP contribution in [0, 0.1) is 0 Å². The van der Waals surface area contributed by atoms with Crippen molar-refractivity contribution < 1.29 is 4.79 Å². The van der Waals surface area contributed by atoms with Gasteiger partial charge in [-0.1, -0.05) is 31.1 Å². The van der Waals surface area contributed by atoms with E-state index in [1.54, 1.807) is 12.1 Å². The average molecular weight is 274 g/mol. The van der Waals surface area contributed by atoms with Crippen molar-refractivity contribution in [1.82, 2.24) is 25.5 Å². The van der Waals surface area contributed by atoms with Crippen molar-refractivity contribution in [2.24, 2.45) is 0 Å². The fourth-order valence-corrected chi connectivity index (χ4v) is 1.86. The van der Waals surface area contributed by atoms with Crippen LogP contribution >= 0.6 is 0 Å². The number of nitrogens with zero attached hydrogens (tertiary/aromatic N) is 4. The first-order valence-corrected chi connectivity index (χ1v) is 6.59. The molecule has 0 fully saturated rings. The number of benzene rings is 1. The number of anilines is 1. The highest BCUT2D eigenvalue weighted by Gasteiger charge is 2.09.